The summed E-state index contributed by atoms with van der Waals surface area (Å²) in [4.78, 5) is 1.61. The van der Waals surface area contributed by atoms with Crippen LogP contribution in [0.15, 0.2) is 6.07 Å². The molecule has 0 aromatic carbocycles. The van der Waals surface area contributed by atoms with Gasteiger partial charge in [0, 0.05) is 11.9 Å². The van der Waals surface area contributed by atoms with E-state index in [1.807, 2.05) is 18.4 Å². The maximum absolute atomic E-state index is 3.22. The van der Waals surface area contributed by atoms with Crippen molar-refractivity contribution in [3.05, 3.63) is 16.5 Å². The van der Waals surface area contributed by atoms with Crippen molar-refractivity contribution in [1.82, 2.24) is 0 Å². The molecule has 1 heterocycles. The third-order valence-corrected chi connectivity index (χ3v) is 3.83. The molecule has 0 fully saturated rings. The van der Waals surface area contributed by atoms with Crippen LogP contribution in [0, 0.1) is 5.92 Å². The molecule has 0 spiro atoms. The summed E-state index contributed by atoms with van der Waals surface area (Å²) in [7, 11) is 2.00. The molecule has 66 valence electrons. The van der Waals surface area contributed by atoms with Crippen LogP contribution in [-0.4, -0.2) is 7.05 Å². The molecule has 2 heteroatoms. The molecule has 1 atom stereocenters. The second-order valence-corrected chi connectivity index (χ2v) is 4.79. The Labute approximate surface area is 77.8 Å². The normalized spacial score (nSPS) is 22.0. The second-order valence-electron chi connectivity index (χ2n) is 3.66. The van der Waals surface area contributed by atoms with E-state index in [9.17, 15) is 0 Å². The molecule has 0 radical (unpaired) electrons. The average molecular weight is 181 g/mol. The highest BCUT2D eigenvalue weighted by atomic mass is 32.1. The minimum absolute atomic E-state index is 0.886. The molecule has 1 aliphatic rings. The summed E-state index contributed by atoms with van der Waals surface area (Å²) in [5, 5.41) is 4.55. The van der Waals surface area contributed by atoms with Gasteiger partial charge < -0.3 is 5.32 Å². The van der Waals surface area contributed by atoms with Crippen LogP contribution in [0.2, 0.25) is 0 Å². The van der Waals surface area contributed by atoms with Gasteiger partial charge in [0.1, 0.15) is 0 Å². The van der Waals surface area contributed by atoms with E-state index >= 15 is 0 Å². The van der Waals surface area contributed by atoms with Crippen LogP contribution in [-0.2, 0) is 12.8 Å². The molecule has 1 aromatic rings. The van der Waals surface area contributed by atoms with Gasteiger partial charge in [-0.25, -0.2) is 0 Å². The summed E-state index contributed by atoms with van der Waals surface area (Å²) in [6, 6.07) is 2.32. The highest BCUT2D eigenvalue weighted by Crippen LogP contribution is 2.34. The number of fused-ring (bicyclic) bond motifs is 1. The van der Waals surface area contributed by atoms with Gasteiger partial charge in [0.25, 0.3) is 0 Å². The van der Waals surface area contributed by atoms with Crippen LogP contribution < -0.4 is 5.32 Å². The van der Waals surface area contributed by atoms with Crippen molar-refractivity contribution in [2.24, 2.45) is 5.92 Å². The summed E-state index contributed by atoms with van der Waals surface area (Å²) in [6.07, 6.45) is 3.95. The minimum Gasteiger partial charge on any atom is -0.380 e. The zero-order valence-corrected chi connectivity index (χ0v) is 8.50. The first-order valence-electron chi connectivity index (χ1n) is 4.59. The lowest BCUT2D eigenvalue weighted by atomic mass is 9.90. The third-order valence-electron chi connectivity index (χ3n) is 2.58. The molecule has 1 aliphatic carbocycles. The van der Waals surface area contributed by atoms with Crippen LogP contribution in [0.25, 0.3) is 0 Å². The highest BCUT2D eigenvalue weighted by molar-refractivity contribution is 7.16. The molecule has 0 amide bonds. The lowest BCUT2D eigenvalue weighted by molar-refractivity contribution is 0.506. The molecular weight excluding hydrogens is 166 g/mol. The zero-order valence-electron chi connectivity index (χ0n) is 7.68. The molecule has 1 aromatic heterocycles. The van der Waals surface area contributed by atoms with Gasteiger partial charge in [0.15, 0.2) is 0 Å². The number of hydrogen-bond acceptors (Lipinski definition) is 2. The average Bonchev–Trinajstić information content (AvgIpc) is 2.46. The summed E-state index contributed by atoms with van der Waals surface area (Å²) in [5.41, 5.74) is 1.59. The van der Waals surface area contributed by atoms with Crippen molar-refractivity contribution in [1.29, 1.82) is 0 Å². The van der Waals surface area contributed by atoms with Crippen LogP contribution >= 0.6 is 11.3 Å². The monoisotopic (exact) mass is 181 g/mol. The van der Waals surface area contributed by atoms with Crippen molar-refractivity contribution in [2.45, 2.75) is 26.2 Å². The lowest BCUT2D eigenvalue weighted by Gasteiger charge is -2.16. The summed E-state index contributed by atoms with van der Waals surface area (Å²) >= 11 is 1.93. The van der Waals surface area contributed by atoms with Crippen LogP contribution in [0.1, 0.15) is 23.8 Å². The Balaban J connectivity index is 2.28. The van der Waals surface area contributed by atoms with Gasteiger partial charge in [-0.05, 0) is 36.8 Å². The first kappa shape index (κ1) is 8.11. The van der Waals surface area contributed by atoms with Gasteiger partial charge >= 0.3 is 0 Å². The summed E-state index contributed by atoms with van der Waals surface area (Å²) in [5.74, 6) is 0.886. The number of aryl methyl sites for hydroxylation is 1. The lowest BCUT2D eigenvalue weighted by Crippen LogP contribution is -2.07. The minimum atomic E-state index is 0.886. The largest absolute Gasteiger partial charge is 0.380 e. The molecule has 1 N–H and O–H groups in total. The number of anilines is 1. The Morgan fingerprint density at radius 1 is 1.58 bits per heavy atom. The Kier molecular flexibility index (Phi) is 2.09. The fourth-order valence-electron chi connectivity index (χ4n) is 1.83. The van der Waals surface area contributed by atoms with Gasteiger partial charge in [-0.3, -0.25) is 0 Å². The van der Waals surface area contributed by atoms with E-state index in [4.69, 9.17) is 0 Å². The van der Waals surface area contributed by atoms with Crippen molar-refractivity contribution < 1.29 is 0 Å². The number of hydrogen-bond donors (Lipinski definition) is 1. The molecule has 0 bridgehead atoms. The van der Waals surface area contributed by atoms with E-state index in [2.05, 4.69) is 18.3 Å². The topological polar surface area (TPSA) is 12.0 Å². The standard InChI is InChI=1S/C10H15NS/c1-7-3-4-9-8(5-7)6-10(11-2)12-9/h6-7,11H,3-5H2,1-2H3. The highest BCUT2D eigenvalue weighted by Gasteiger charge is 2.17. The first-order chi connectivity index (χ1) is 5.79. The Morgan fingerprint density at radius 2 is 2.42 bits per heavy atom. The van der Waals surface area contributed by atoms with E-state index in [-0.39, 0.29) is 0 Å². The van der Waals surface area contributed by atoms with Crippen molar-refractivity contribution in [3.63, 3.8) is 0 Å². The molecule has 1 nitrogen and oxygen atoms in total. The van der Waals surface area contributed by atoms with Crippen molar-refractivity contribution >= 4 is 16.3 Å². The van der Waals surface area contributed by atoms with E-state index in [1.54, 1.807) is 10.4 Å². The van der Waals surface area contributed by atoms with Crippen LogP contribution in [0.4, 0.5) is 5.00 Å². The fourth-order valence-corrected chi connectivity index (χ4v) is 2.89. The Hall–Kier alpha value is -0.500. The fraction of sp³-hybridized carbons (Fsp3) is 0.600. The number of nitrogens with one attached hydrogen (secondary N) is 1. The molecule has 12 heavy (non-hydrogen) atoms. The molecule has 0 saturated carbocycles. The molecule has 2 rings (SSSR count). The first-order valence-corrected chi connectivity index (χ1v) is 5.40. The second kappa shape index (κ2) is 3.09. The molecule has 0 saturated heterocycles. The van der Waals surface area contributed by atoms with Gasteiger partial charge in [0.2, 0.25) is 0 Å². The predicted octanol–water partition coefficient (Wildman–Crippen LogP) is 2.91. The number of thiophene rings is 1. The van der Waals surface area contributed by atoms with E-state index in [0.29, 0.717) is 0 Å². The van der Waals surface area contributed by atoms with E-state index in [1.165, 1.54) is 24.3 Å². The Bertz CT molecular complexity index is 277. The number of rotatable bonds is 1. The maximum atomic E-state index is 3.22. The third kappa shape index (κ3) is 1.36. The van der Waals surface area contributed by atoms with Gasteiger partial charge in [0.05, 0.1) is 5.00 Å². The summed E-state index contributed by atoms with van der Waals surface area (Å²) in [6.45, 7) is 2.35. The van der Waals surface area contributed by atoms with Crippen molar-refractivity contribution in [2.75, 3.05) is 12.4 Å². The SMILES string of the molecule is CNc1cc2c(s1)CCC(C)C2. The maximum Gasteiger partial charge on any atom is 0.0885 e. The van der Waals surface area contributed by atoms with Gasteiger partial charge in [-0.15, -0.1) is 11.3 Å². The van der Waals surface area contributed by atoms with Gasteiger partial charge in [-0.2, -0.15) is 0 Å². The van der Waals surface area contributed by atoms with E-state index < -0.39 is 0 Å². The van der Waals surface area contributed by atoms with Crippen LogP contribution in [0.3, 0.4) is 0 Å². The van der Waals surface area contributed by atoms with Gasteiger partial charge in [-0.1, -0.05) is 6.92 Å². The quantitative estimate of drug-likeness (QED) is 0.702. The smallest absolute Gasteiger partial charge is 0.0885 e. The summed E-state index contributed by atoms with van der Waals surface area (Å²) < 4.78 is 0. The molecular formula is C10H15NS. The van der Waals surface area contributed by atoms with Crippen LogP contribution in [0.5, 0.6) is 0 Å². The zero-order chi connectivity index (χ0) is 8.55. The predicted molar refractivity (Wildman–Crippen MR) is 55.1 cm³/mol. The molecule has 1 unspecified atom stereocenters. The van der Waals surface area contributed by atoms with E-state index in [0.717, 1.165) is 5.92 Å². The van der Waals surface area contributed by atoms with Crippen molar-refractivity contribution in [3.8, 4) is 0 Å². The molecule has 0 aliphatic heterocycles. The Morgan fingerprint density at radius 3 is 3.17 bits per heavy atom.